The summed E-state index contributed by atoms with van der Waals surface area (Å²) in [6.07, 6.45) is 8.11. The number of nitrogens with one attached hydrogen (secondary N) is 1. The second kappa shape index (κ2) is 4.13. The van der Waals surface area contributed by atoms with Crippen LogP contribution in [0.2, 0.25) is 0 Å². The minimum absolute atomic E-state index is 0.0590. The van der Waals surface area contributed by atoms with E-state index in [-0.39, 0.29) is 11.1 Å². The number of hydrogen-bond donors (Lipinski definition) is 1. The van der Waals surface area contributed by atoms with Crippen LogP contribution in [0.1, 0.15) is 48.0 Å². The van der Waals surface area contributed by atoms with Gasteiger partial charge in [-0.1, -0.05) is 25.2 Å². The summed E-state index contributed by atoms with van der Waals surface area (Å²) in [7, 11) is 0. The van der Waals surface area contributed by atoms with E-state index in [1.807, 2.05) is 0 Å². The molecule has 86 valence electrons. The Bertz CT molecular complexity index is 276. The molecule has 0 aromatic heterocycles. The Kier molecular flexibility index (Phi) is 3.44. The summed E-state index contributed by atoms with van der Waals surface area (Å²) in [5, 5.41) is 3.67. The lowest BCUT2D eigenvalue weighted by molar-refractivity contribution is 0.319. The maximum Gasteiger partial charge on any atom is 0.0378 e. The van der Waals surface area contributed by atoms with Crippen molar-refractivity contribution < 1.29 is 0 Å². The molecular formula is C14H25N. The summed E-state index contributed by atoms with van der Waals surface area (Å²) in [6, 6.07) is 0. The fourth-order valence-electron chi connectivity index (χ4n) is 2.27. The smallest absolute Gasteiger partial charge is 0.0378 e. The van der Waals surface area contributed by atoms with E-state index in [1.165, 1.54) is 12.0 Å². The van der Waals surface area contributed by atoms with Crippen molar-refractivity contribution in [3.63, 3.8) is 0 Å². The van der Waals surface area contributed by atoms with Crippen molar-refractivity contribution in [3.05, 3.63) is 23.8 Å². The number of allylic oxidation sites excluding steroid dienone is 2. The van der Waals surface area contributed by atoms with Crippen molar-refractivity contribution >= 4 is 0 Å². The first-order chi connectivity index (χ1) is 6.71. The van der Waals surface area contributed by atoms with E-state index in [0.717, 1.165) is 0 Å². The van der Waals surface area contributed by atoms with E-state index >= 15 is 0 Å². The Morgan fingerprint density at radius 2 is 1.80 bits per heavy atom. The molecule has 0 heterocycles. The van der Waals surface area contributed by atoms with Gasteiger partial charge < -0.3 is 5.32 Å². The molecule has 0 aromatic carbocycles. The van der Waals surface area contributed by atoms with Gasteiger partial charge in [-0.05, 0) is 52.5 Å². The van der Waals surface area contributed by atoms with Crippen LogP contribution >= 0.6 is 0 Å². The molecule has 0 radical (unpaired) electrons. The van der Waals surface area contributed by atoms with Crippen LogP contribution in [-0.2, 0) is 0 Å². The van der Waals surface area contributed by atoms with Crippen LogP contribution in [0.4, 0.5) is 0 Å². The van der Waals surface area contributed by atoms with Crippen LogP contribution in [-0.4, -0.2) is 11.1 Å². The Balaban J connectivity index is 2.81. The van der Waals surface area contributed by atoms with Crippen LogP contribution in [0.15, 0.2) is 23.8 Å². The molecule has 0 bridgehead atoms. The molecule has 0 aromatic rings. The van der Waals surface area contributed by atoms with E-state index in [1.54, 1.807) is 0 Å². The van der Waals surface area contributed by atoms with Gasteiger partial charge in [-0.15, -0.1) is 0 Å². The van der Waals surface area contributed by atoms with Gasteiger partial charge in [-0.25, -0.2) is 0 Å². The molecule has 0 saturated heterocycles. The van der Waals surface area contributed by atoms with Gasteiger partial charge in [0.2, 0.25) is 0 Å². The summed E-state index contributed by atoms with van der Waals surface area (Å²) in [5.74, 6) is 0.672. The fraction of sp³-hybridized carbons (Fsp3) is 0.714. The fourth-order valence-corrected chi connectivity index (χ4v) is 2.27. The maximum absolute atomic E-state index is 3.67. The van der Waals surface area contributed by atoms with Crippen molar-refractivity contribution in [2.45, 2.75) is 59.0 Å². The molecule has 1 unspecified atom stereocenters. The summed E-state index contributed by atoms with van der Waals surface area (Å²) in [5.41, 5.74) is 1.62. The Morgan fingerprint density at radius 3 is 2.27 bits per heavy atom. The molecule has 1 N–H and O–H groups in total. The molecule has 0 spiro atoms. The topological polar surface area (TPSA) is 12.0 Å². The molecule has 1 heteroatoms. The van der Waals surface area contributed by atoms with E-state index in [4.69, 9.17) is 0 Å². The van der Waals surface area contributed by atoms with Gasteiger partial charge in [0.25, 0.3) is 0 Å². The average molecular weight is 207 g/mol. The lowest BCUT2D eigenvalue weighted by Crippen LogP contribution is -2.51. The van der Waals surface area contributed by atoms with Crippen molar-refractivity contribution in [2.75, 3.05) is 0 Å². The minimum atomic E-state index is 0.0590. The molecule has 1 aliphatic carbocycles. The Morgan fingerprint density at radius 1 is 1.20 bits per heavy atom. The largest absolute Gasteiger partial charge is 0.303 e. The highest BCUT2D eigenvalue weighted by Gasteiger charge is 2.27. The second-order valence-corrected chi connectivity index (χ2v) is 6.24. The predicted octanol–water partition coefficient (Wildman–Crippen LogP) is 3.68. The third-order valence-corrected chi connectivity index (χ3v) is 2.68. The third-order valence-electron chi connectivity index (χ3n) is 2.68. The normalized spacial score (nSPS) is 22.8. The molecule has 0 saturated carbocycles. The second-order valence-electron chi connectivity index (χ2n) is 6.24. The average Bonchev–Trinajstić information content (AvgIpc) is 1.99. The highest BCUT2D eigenvalue weighted by molar-refractivity contribution is 5.33. The molecule has 1 aliphatic rings. The standard InChI is InChI=1S/C14H25N/c1-11-8-7-9-12(10-11)14(5,6)15-13(2,3)4/h7,9-11,15H,8H2,1-6H3. The number of rotatable bonds is 2. The highest BCUT2D eigenvalue weighted by Crippen LogP contribution is 2.26. The zero-order chi connectivity index (χ0) is 11.7. The van der Waals surface area contributed by atoms with Gasteiger partial charge in [-0.2, -0.15) is 0 Å². The lowest BCUT2D eigenvalue weighted by Gasteiger charge is -2.37. The molecule has 0 amide bonds. The van der Waals surface area contributed by atoms with Crippen LogP contribution in [0.3, 0.4) is 0 Å². The van der Waals surface area contributed by atoms with Gasteiger partial charge in [0.05, 0.1) is 0 Å². The maximum atomic E-state index is 3.67. The van der Waals surface area contributed by atoms with Crippen molar-refractivity contribution in [1.29, 1.82) is 0 Å². The monoisotopic (exact) mass is 207 g/mol. The van der Waals surface area contributed by atoms with Crippen molar-refractivity contribution in [1.82, 2.24) is 5.32 Å². The van der Waals surface area contributed by atoms with E-state index in [0.29, 0.717) is 5.92 Å². The molecule has 1 rings (SSSR count). The van der Waals surface area contributed by atoms with Crippen LogP contribution in [0.5, 0.6) is 0 Å². The van der Waals surface area contributed by atoms with Gasteiger partial charge in [0, 0.05) is 11.1 Å². The van der Waals surface area contributed by atoms with Crippen molar-refractivity contribution in [2.24, 2.45) is 5.92 Å². The Hall–Kier alpha value is -0.560. The van der Waals surface area contributed by atoms with E-state index in [9.17, 15) is 0 Å². The summed E-state index contributed by atoms with van der Waals surface area (Å²) in [6.45, 7) is 13.4. The van der Waals surface area contributed by atoms with E-state index in [2.05, 4.69) is 65.1 Å². The zero-order valence-electron chi connectivity index (χ0n) is 11.0. The summed E-state index contributed by atoms with van der Waals surface area (Å²) < 4.78 is 0. The van der Waals surface area contributed by atoms with Crippen LogP contribution in [0.25, 0.3) is 0 Å². The molecule has 0 fully saturated rings. The van der Waals surface area contributed by atoms with Gasteiger partial charge >= 0.3 is 0 Å². The van der Waals surface area contributed by atoms with Crippen LogP contribution in [0, 0.1) is 5.92 Å². The molecule has 1 atom stereocenters. The predicted molar refractivity (Wildman–Crippen MR) is 68.0 cm³/mol. The first kappa shape index (κ1) is 12.5. The SMILES string of the molecule is CC1C=C(C(C)(C)NC(C)(C)C)C=CC1. The first-order valence-corrected chi connectivity index (χ1v) is 5.89. The summed E-state index contributed by atoms with van der Waals surface area (Å²) >= 11 is 0. The minimum Gasteiger partial charge on any atom is -0.303 e. The molecule has 1 nitrogen and oxygen atoms in total. The third kappa shape index (κ3) is 3.83. The van der Waals surface area contributed by atoms with E-state index < -0.39 is 0 Å². The summed E-state index contributed by atoms with van der Waals surface area (Å²) in [4.78, 5) is 0. The van der Waals surface area contributed by atoms with Crippen LogP contribution < -0.4 is 5.32 Å². The van der Waals surface area contributed by atoms with Crippen molar-refractivity contribution in [3.8, 4) is 0 Å². The molecular weight excluding hydrogens is 182 g/mol. The Labute approximate surface area is 94.6 Å². The number of hydrogen-bond acceptors (Lipinski definition) is 1. The van der Waals surface area contributed by atoms with Gasteiger partial charge in [-0.3, -0.25) is 0 Å². The molecule has 0 aliphatic heterocycles. The highest BCUT2D eigenvalue weighted by atomic mass is 15.0. The zero-order valence-corrected chi connectivity index (χ0v) is 11.0. The first-order valence-electron chi connectivity index (χ1n) is 5.89. The van der Waals surface area contributed by atoms with Gasteiger partial charge in [0.1, 0.15) is 0 Å². The molecule has 15 heavy (non-hydrogen) atoms. The lowest BCUT2D eigenvalue weighted by atomic mass is 9.85. The van der Waals surface area contributed by atoms with Gasteiger partial charge in [0.15, 0.2) is 0 Å². The quantitative estimate of drug-likeness (QED) is 0.728.